The Bertz CT molecular complexity index is 769. The molecule has 0 N–H and O–H groups in total. The van der Waals surface area contributed by atoms with Gasteiger partial charge in [-0.15, -0.1) is 0 Å². The highest BCUT2D eigenvalue weighted by molar-refractivity contribution is 5.97. The largest absolute Gasteiger partial charge is 0.422 e. The summed E-state index contributed by atoms with van der Waals surface area (Å²) in [6, 6.07) is 9.63. The Morgan fingerprint density at radius 1 is 1.05 bits per heavy atom. The number of para-hydroxylation sites is 1. The van der Waals surface area contributed by atoms with E-state index >= 15 is 0 Å². The average molecular weight is 297 g/mol. The van der Waals surface area contributed by atoms with E-state index < -0.39 is 5.63 Å². The van der Waals surface area contributed by atoms with Crippen molar-refractivity contribution in [1.82, 2.24) is 4.90 Å². The molecular formula is C18H19NO3. The normalized spacial score (nSPS) is 18.7. The first-order valence-corrected chi connectivity index (χ1v) is 8.09. The fourth-order valence-corrected chi connectivity index (χ4v) is 3.52. The molecule has 0 radical (unpaired) electrons. The van der Waals surface area contributed by atoms with Crippen molar-refractivity contribution in [3.63, 3.8) is 0 Å². The SMILES string of the molecule is O=C(c1cc2ccccc2oc1=O)N(C1CCCC1)C1CC1. The van der Waals surface area contributed by atoms with E-state index in [1.54, 1.807) is 12.1 Å². The number of carbonyl (C=O) groups excluding carboxylic acids is 1. The van der Waals surface area contributed by atoms with Crippen molar-refractivity contribution >= 4 is 16.9 Å². The van der Waals surface area contributed by atoms with Crippen molar-refractivity contribution in [3.8, 4) is 0 Å². The Balaban J connectivity index is 1.74. The second kappa shape index (κ2) is 5.27. The molecule has 1 heterocycles. The van der Waals surface area contributed by atoms with Crippen LogP contribution in [0.3, 0.4) is 0 Å². The Hall–Kier alpha value is -2.10. The summed E-state index contributed by atoms with van der Waals surface area (Å²) in [5, 5.41) is 0.799. The third kappa shape index (κ3) is 2.32. The molecule has 0 unspecified atom stereocenters. The number of carbonyl (C=O) groups is 1. The van der Waals surface area contributed by atoms with Crippen molar-refractivity contribution in [1.29, 1.82) is 0 Å². The van der Waals surface area contributed by atoms with Gasteiger partial charge in [0.25, 0.3) is 5.91 Å². The van der Waals surface area contributed by atoms with Crippen LogP contribution in [0, 0.1) is 0 Å². The van der Waals surface area contributed by atoms with E-state index in [1.807, 2.05) is 23.1 Å². The smallest absolute Gasteiger partial charge is 0.349 e. The van der Waals surface area contributed by atoms with Crippen LogP contribution in [0.25, 0.3) is 11.0 Å². The zero-order valence-electron chi connectivity index (χ0n) is 12.5. The summed E-state index contributed by atoms with van der Waals surface area (Å²) < 4.78 is 5.32. The summed E-state index contributed by atoms with van der Waals surface area (Å²) >= 11 is 0. The first-order valence-electron chi connectivity index (χ1n) is 8.09. The van der Waals surface area contributed by atoms with Gasteiger partial charge in [-0.25, -0.2) is 4.79 Å². The quantitative estimate of drug-likeness (QED) is 0.816. The molecule has 114 valence electrons. The lowest BCUT2D eigenvalue weighted by atomic mass is 10.1. The molecule has 2 aliphatic rings. The minimum absolute atomic E-state index is 0.145. The first kappa shape index (κ1) is 13.6. The van der Waals surface area contributed by atoms with Crippen LogP contribution in [0.15, 0.2) is 39.5 Å². The van der Waals surface area contributed by atoms with Crippen LogP contribution in [-0.4, -0.2) is 22.9 Å². The van der Waals surface area contributed by atoms with Crippen LogP contribution in [0.5, 0.6) is 0 Å². The highest BCUT2D eigenvalue weighted by Gasteiger charge is 2.39. The van der Waals surface area contributed by atoms with Crippen LogP contribution in [0.2, 0.25) is 0 Å². The molecule has 1 aromatic heterocycles. The maximum absolute atomic E-state index is 12.9. The van der Waals surface area contributed by atoms with E-state index in [-0.39, 0.29) is 11.5 Å². The van der Waals surface area contributed by atoms with Gasteiger partial charge >= 0.3 is 5.63 Å². The number of hydrogen-bond acceptors (Lipinski definition) is 3. The number of rotatable bonds is 3. The van der Waals surface area contributed by atoms with E-state index in [1.165, 1.54) is 12.8 Å². The number of amides is 1. The molecule has 2 aliphatic carbocycles. The molecular weight excluding hydrogens is 278 g/mol. The zero-order chi connectivity index (χ0) is 15.1. The summed E-state index contributed by atoms with van der Waals surface area (Å²) in [7, 11) is 0. The van der Waals surface area contributed by atoms with Gasteiger partial charge in [0.05, 0.1) is 0 Å². The molecule has 0 aliphatic heterocycles. The first-order chi connectivity index (χ1) is 10.7. The van der Waals surface area contributed by atoms with Gasteiger partial charge in [0, 0.05) is 17.5 Å². The molecule has 0 atom stereocenters. The maximum Gasteiger partial charge on any atom is 0.349 e. The van der Waals surface area contributed by atoms with E-state index in [9.17, 15) is 9.59 Å². The fraction of sp³-hybridized carbons (Fsp3) is 0.444. The van der Waals surface area contributed by atoms with Gasteiger partial charge in [-0.05, 0) is 37.8 Å². The molecule has 4 rings (SSSR count). The summed E-state index contributed by atoms with van der Waals surface area (Å²) in [6.07, 6.45) is 6.58. The molecule has 2 fully saturated rings. The molecule has 2 saturated carbocycles. The lowest BCUT2D eigenvalue weighted by Crippen LogP contribution is -2.42. The van der Waals surface area contributed by atoms with Gasteiger partial charge in [0.2, 0.25) is 0 Å². The van der Waals surface area contributed by atoms with E-state index in [2.05, 4.69) is 0 Å². The number of fused-ring (bicyclic) bond motifs is 1. The van der Waals surface area contributed by atoms with Gasteiger partial charge in [-0.2, -0.15) is 0 Å². The Labute approximate surface area is 128 Å². The van der Waals surface area contributed by atoms with Gasteiger partial charge in [-0.3, -0.25) is 4.79 Å². The average Bonchev–Trinajstić information content (AvgIpc) is 3.20. The van der Waals surface area contributed by atoms with Gasteiger partial charge in [0.1, 0.15) is 11.1 Å². The summed E-state index contributed by atoms with van der Waals surface area (Å²) in [6.45, 7) is 0. The van der Waals surface area contributed by atoms with Crippen molar-refractivity contribution < 1.29 is 9.21 Å². The maximum atomic E-state index is 12.9. The third-order valence-corrected chi connectivity index (χ3v) is 4.76. The number of benzene rings is 1. The van der Waals surface area contributed by atoms with Crippen LogP contribution < -0.4 is 5.63 Å². The van der Waals surface area contributed by atoms with Crippen LogP contribution in [-0.2, 0) is 0 Å². The topological polar surface area (TPSA) is 50.5 Å². The van der Waals surface area contributed by atoms with Crippen LogP contribution in [0.1, 0.15) is 48.9 Å². The van der Waals surface area contributed by atoms with E-state index in [4.69, 9.17) is 4.42 Å². The van der Waals surface area contributed by atoms with Crippen LogP contribution in [0.4, 0.5) is 0 Å². The number of hydrogen-bond donors (Lipinski definition) is 0. The monoisotopic (exact) mass is 297 g/mol. The van der Waals surface area contributed by atoms with Crippen molar-refractivity contribution in [3.05, 3.63) is 46.3 Å². The summed E-state index contributed by atoms with van der Waals surface area (Å²) in [5.74, 6) is -0.145. The molecule has 0 saturated heterocycles. The predicted octanol–water partition coefficient (Wildman–Crippen LogP) is 3.34. The summed E-state index contributed by atoms with van der Waals surface area (Å²) in [5.41, 5.74) is 0.188. The molecule has 22 heavy (non-hydrogen) atoms. The standard InChI is InChI=1S/C18H19NO3/c20-17(19(14-9-10-14)13-6-2-3-7-13)15-11-12-5-1-4-8-16(12)22-18(15)21/h1,4-5,8,11,13-14H,2-3,6-7,9-10H2. The lowest BCUT2D eigenvalue weighted by Gasteiger charge is -2.28. The van der Waals surface area contributed by atoms with Crippen molar-refractivity contribution in [2.24, 2.45) is 0 Å². The summed E-state index contributed by atoms with van der Waals surface area (Å²) in [4.78, 5) is 27.1. The molecule has 1 amide bonds. The van der Waals surface area contributed by atoms with E-state index in [0.29, 0.717) is 17.7 Å². The second-order valence-electron chi connectivity index (χ2n) is 6.37. The zero-order valence-corrected chi connectivity index (χ0v) is 12.5. The van der Waals surface area contributed by atoms with Crippen LogP contribution >= 0.6 is 0 Å². The third-order valence-electron chi connectivity index (χ3n) is 4.76. The van der Waals surface area contributed by atoms with E-state index in [0.717, 1.165) is 31.1 Å². The van der Waals surface area contributed by atoms with Crippen molar-refractivity contribution in [2.45, 2.75) is 50.6 Å². The molecule has 1 aromatic carbocycles. The highest BCUT2D eigenvalue weighted by atomic mass is 16.4. The molecule has 4 nitrogen and oxygen atoms in total. The van der Waals surface area contributed by atoms with Gasteiger partial charge < -0.3 is 9.32 Å². The molecule has 0 bridgehead atoms. The Kier molecular flexibility index (Phi) is 3.25. The number of nitrogens with zero attached hydrogens (tertiary/aromatic N) is 1. The second-order valence-corrected chi connectivity index (χ2v) is 6.37. The highest BCUT2D eigenvalue weighted by Crippen LogP contribution is 2.35. The molecule has 4 heteroatoms. The molecule has 0 spiro atoms. The van der Waals surface area contributed by atoms with Gasteiger partial charge in [0.15, 0.2) is 0 Å². The predicted molar refractivity (Wildman–Crippen MR) is 83.9 cm³/mol. The minimum Gasteiger partial charge on any atom is -0.422 e. The fourth-order valence-electron chi connectivity index (χ4n) is 3.52. The van der Waals surface area contributed by atoms with Crippen molar-refractivity contribution in [2.75, 3.05) is 0 Å². The van der Waals surface area contributed by atoms with Gasteiger partial charge in [-0.1, -0.05) is 31.0 Å². The Morgan fingerprint density at radius 2 is 1.73 bits per heavy atom. The molecule has 2 aromatic rings. The minimum atomic E-state index is -0.521. The lowest BCUT2D eigenvalue weighted by molar-refractivity contribution is 0.0660. The Morgan fingerprint density at radius 3 is 2.45 bits per heavy atom.